The van der Waals surface area contributed by atoms with Gasteiger partial charge in [0.15, 0.2) is 0 Å². The molecule has 34 heavy (non-hydrogen) atoms. The summed E-state index contributed by atoms with van der Waals surface area (Å²) in [5.41, 5.74) is 8.27. The van der Waals surface area contributed by atoms with Crippen molar-refractivity contribution in [3.63, 3.8) is 0 Å². The van der Waals surface area contributed by atoms with E-state index in [4.69, 9.17) is 20.2 Å². The highest BCUT2D eigenvalue weighted by Crippen LogP contribution is 2.54. The fraction of sp³-hybridized carbons (Fsp3) is 0.462. The normalized spacial score (nSPS) is 22.1. The van der Waals surface area contributed by atoms with Crippen LogP contribution >= 0.6 is 0 Å². The Morgan fingerprint density at radius 1 is 1.21 bits per heavy atom. The number of cyclic esters (lactones) is 1. The van der Waals surface area contributed by atoms with Crippen LogP contribution in [0.5, 0.6) is 5.88 Å². The van der Waals surface area contributed by atoms with Crippen LogP contribution in [0.25, 0.3) is 10.8 Å². The van der Waals surface area contributed by atoms with Gasteiger partial charge in [0.2, 0.25) is 5.88 Å². The first-order valence-electron chi connectivity index (χ1n) is 12.0. The van der Waals surface area contributed by atoms with E-state index in [1.807, 2.05) is 26.1 Å². The van der Waals surface area contributed by atoms with E-state index in [9.17, 15) is 4.79 Å². The van der Waals surface area contributed by atoms with Crippen LogP contribution in [0.3, 0.4) is 0 Å². The Morgan fingerprint density at radius 2 is 2.00 bits per heavy atom. The molecule has 0 radical (unpaired) electrons. The highest BCUT2D eigenvalue weighted by molar-refractivity contribution is 5.94. The molecule has 0 unspecified atom stereocenters. The summed E-state index contributed by atoms with van der Waals surface area (Å²) in [5, 5.41) is 5.15. The van der Waals surface area contributed by atoms with Gasteiger partial charge in [-0.1, -0.05) is 6.92 Å². The number of aromatic nitrogens is 3. The summed E-state index contributed by atoms with van der Waals surface area (Å²) in [7, 11) is 0. The Bertz CT molecular complexity index is 1310. The average Bonchev–Trinajstić information content (AvgIpc) is 3.74. The third-order valence-electron chi connectivity index (χ3n) is 7.58. The van der Waals surface area contributed by atoms with Crippen LogP contribution in [0.1, 0.15) is 74.5 Å². The van der Waals surface area contributed by atoms with Crippen LogP contribution in [0.15, 0.2) is 30.6 Å². The summed E-state index contributed by atoms with van der Waals surface area (Å²) >= 11 is 0. The molecule has 3 aromatic heterocycles. The van der Waals surface area contributed by atoms with E-state index in [-0.39, 0.29) is 23.6 Å². The van der Waals surface area contributed by atoms with Crippen molar-refractivity contribution in [3.8, 4) is 5.88 Å². The number of hydrogen-bond donors (Lipinski definition) is 2. The fourth-order valence-electron chi connectivity index (χ4n) is 4.77. The minimum atomic E-state index is -0.541. The topological polar surface area (TPSA) is 112 Å². The number of carbonyl (C=O) groups excluding carboxylic acids is 1. The summed E-state index contributed by atoms with van der Waals surface area (Å²) in [6.07, 6.45) is 8.52. The lowest BCUT2D eigenvalue weighted by Gasteiger charge is -2.30. The minimum absolute atomic E-state index is 0.159. The van der Waals surface area contributed by atoms with Gasteiger partial charge in [0.25, 0.3) is 0 Å². The maximum Gasteiger partial charge on any atom is 0.340 e. The van der Waals surface area contributed by atoms with Crippen LogP contribution in [-0.2, 0) is 15.7 Å². The zero-order chi connectivity index (χ0) is 23.7. The fourth-order valence-corrected chi connectivity index (χ4v) is 4.77. The smallest absolute Gasteiger partial charge is 0.340 e. The Balaban J connectivity index is 1.40. The van der Waals surface area contributed by atoms with Gasteiger partial charge in [-0.25, -0.2) is 19.7 Å². The molecule has 3 aliphatic rings. The van der Waals surface area contributed by atoms with Crippen LogP contribution in [0.2, 0.25) is 0 Å². The van der Waals surface area contributed by atoms with Crippen molar-refractivity contribution in [2.24, 2.45) is 5.73 Å². The van der Waals surface area contributed by atoms with E-state index in [0.717, 1.165) is 54.1 Å². The Morgan fingerprint density at radius 3 is 2.71 bits per heavy atom. The minimum Gasteiger partial charge on any atom is -0.474 e. The molecule has 8 nitrogen and oxygen atoms in total. The van der Waals surface area contributed by atoms with Gasteiger partial charge in [0, 0.05) is 17.9 Å². The Labute approximate surface area is 198 Å². The SMILES string of the molecule is CC[C@@](C)(N)c1cnc(OC2CC2)c2cnc(Nc3ccc4c(n3)C3(CC3)[C@@H](C)OC4=O)cc12. The Kier molecular flexibility index (Phi) is 4.61. The summed E-state index contributed by atoms with van der Waals surface area (Å²) in [6, 6.07) is 5.58. The predicted molar refractivity (Wildman–Crippen MR) is 128 cm³/mol. The first-order valence-corrected chi connectivity index (χ1v) is 12.0. The van der Waals surface area contributed by atoms with Gasteiger partial charge in [-0.2, -0.15) is 0 Å². The molecular formula is C26H29N5O3. The third-order valence-corrected chi connectivity index (χ3v) is 7.58. The molecule has 3 N–H and O–H groups in total. The number of ether oxygens (including phenoxy) is 2. The Hall–Kier alpha value is -3.26. The first-order chi connectivity index (χ1) is 16.3. The first kappa shape index (κ1) is 21.3. The van der Waals surface area contributed by atoms with Gasteiger partial charge < -0.3 is 20.5 Å². The van der Waals surface area contributed by atoms with E-state index < -0.39 is 5.54 Å². The van der Waals surface area contributed by atoms with Gasteiger partial charge in [0.1, 0.15) is 23.8 Å². The highest BCUT2D eigenvalue weighted by atomic mass is 16.5. The molecule has 6 rings (SSSR count). The van der Waals surface area contributed by atoms with Gasteiger partial charge >= 0.3 is 5.97 Å². The second-order valence-corrected chi connectivity index (χ2v) is 10.1. The van der Waals surface area contributed by atoms with Crippen LogP contribution in [0, 0.1) is 0 Å². The molecule has 0 aromatic carbocycles. The summed E-state index contributed by atoms with van der Waals surface area (Å²) in [4.78, 5) is 26.4. The zero-order valence-corrected chi connectivity index (χ0v) is 19.7. The molecule has 0 amide bonds. The number of esters is 1. The second-order valence-electron chi connectivity index (χ2n) is 10.1. The number of carbonyl (C=O) groups is 1. The number of anilines is 2. The maximum absolute atomic E-state index is 12.4. The zero-order valence-electron chi connectivity index (χ0n) is 19.7. The molecule has 176 valence electrons. The van der Waals surface area contributed by atoms with Crippen LogP contribution in [-0.4, -0.2) is 33.1 Å². The van der Waals surface area contributed by atoms with E-state index in [0.29, 0.717) is 23.1 Å². The quantitative estimate of drug-likeness (QED) is 0.519. The lowest BCUT2D eigenvalue weighted by atomic mass is 9.88. The molecule has 2 aliphatic carbocycles. The van der Waals surface area contributed by atoms with Crippen molar-refractivity contribution in [3.05, 3.63) is 47.4 Å². The molecule has 4 heterocycles. The van der Waals surface area contributed by atoms with E-state index >= 15 is 0 Å². The molecule has 8 heteroatoms. The molecule has 3 aromatic rings. The highest BCUT2D eigenvalue weighted by Gasteiger charge is 2.56. The van der Waals surface area contributed by atoms with Crippen molar-refractivity contribution < 1.29 is 14.3 Å². The molecule has 2 fully saturated rings. The number of nitrogens with one attached hydrogen (secondary N) is 1. The molecule has 0 saturated heterocycles. The summed E-state index contributed by atoms with van der Waals surface area (Å²) < 4.78 is 11.6. The maximum atomic E-state index is 12.4. The van der Waals surface area contributed by atoms with Gasteiger partial charge in [-0.15, -0.1) is 0 Å². The molecule has 1 aliphatic heterocycles. The molecule has 0 bridgehead atoms. The number of nitrogens with zero attached hydrogens (tertiary/aromatic N) is 3. The molecule has 1 spiro atoms. The number of hydrogen-bond acceptors (Lipinski definition) is 8. The second kappa shape index (κ2) is 7.37. The van der Waals surface area contributed by atoms with Crippen LogP contribution < -0.4 is 15.8 Å². The van der Waals surface area contributed by atoms with Crippen molar-refractivity contribution in [1.82, 2.24) is 15.0 Å². The average molecular weight is 460 g/mol. The van der Waals surface area contributed by atoms with Gasteiger partial charge in [0.05, 0.1) is 22.1 Å². The van der Waals surface area contributed by atoms with Gasteiger partial charge in [-0.05, 0) is 75.1 Å². The van der Waals surface area contributed by atoms with Crippen molar-refractivity contribution in [2.75, 3.05) is 5.32 Å². The molecule has 2 saturated carbocycles. The monoisotopic (exact) mass is 459 g/mol. The van der Waals surface area contributed by atoms with E-state index in [1.165, 1.54) is 0 Å². The van der Waals surface area contributed by atoms with Crippen molar-refractivity contribution in [1.29, 1.82) is 0 Å². The number of pyridine rings is 3. The largest absolute Gasteiger partial charge is 0.474 e. The van der Waals surface area contributed by atoms with Crippen molar-refractivity contribution in [2.45, 2.75) is 76.0 Å². The standard InChI is InChI=1S/C26H29N5O3/c1-4-25(3,27)19-13-29-23(34-15-5-6-15)18-12-28-21(11-17(18)19)30-20-8-7-16-22(31-20)26(9-10-26)14(2)33-24(16)32/h7-8,11-15H,4-6,9-10,27H2,1-3H3,(H,28,30,31)/t14-,25-/m1/s1. The molecule has 2 atom stereocenters. The lowest BCUT2D eigenvalue weighted by Crippen LogP contribution is -2.36. The van der Waals surface area contributed by atoms with E-state index in [1.54, 1.807) is 18.3 Å². The van der Waals surface area contributed by atoms with Gasteiger partial charge in [-0.3, -0.25) is 0 Å². The van der Waals surface area contributed by atoms with E-state index in [2.05, 4.69) is 22.2 Å². The van der Waals surface area contributed by atoms with Crippen LogP contribution in [0.4, 0.5) is 11.6 Å². The number of fused-ring (bicyclic) bond motifs is 3. The molecular weight excluding hydrogens is 430 g/mol. The summed E-state index contributed by atoms with van der Waals surface area (Å²) in [6.45, 7) is 6.03. The third kappa shape index (κ3) is 3.39. The lowest BCUT2D eigenvalue weighted by molar-refractivity contribution is 0.0183. The number of nitrogens with two attached hydrogens (primary N) is 1. The summed E-state index contributed by atoms with van der Waals surface area (Å²) in [5.74, 6) is 1.59. The van der Waals surface area contributed by atoms with Crippen molar-refractivity contribution >= 4 is 28.4 Å². The number of rotatable bonds is 6. The predicted octanol–water partition coefficient (Wildman–Crippen LogP) is 4.48.